The highest BCUT2D eigenvalue weighted by Crippen LogP contribution is 2.26. The average Bonchev–Trinajstić information content (AvgIpc) is 2.30. The first-order valence-corrected chi connectivity index (χ1v) is 5.20. The summed E-state index contributed by atoms with van der Waals surface area (Å²) in [6.07, 6.45) is 2.80. The number of rotatable bonds is 2. The lowest BCUT2D eigenvalue weighted by atomic mass is 9.99. The Bertz CT molecular complexity index is 452. The highest BCUT2D eigenvalue weighted by atomic mass is 16.6. The fourth-order valence-electron chi connectivity index (χ4n) is 1.80. The second-order valence-electron chi connectivity index (χ2n) is 3.81. The van der Waals surface area contributed by atoms with Crippen molar-refractivity contribution in [1.29, 1.82) is 0 Å². The summed E-state index contributed by atoms with van der Waals surface area (Å²) in [6.45, 7) is 3.03. The SMILES string of the molecule is Cc1ccc(C2=CCOCC2)cc1[N+](=O)[O-]. The molecule has 0 N–H and O–H groups in total. The van der Waals surface area contributed by atoms with E-state index < -0.39 is 0 Å². The van der Waals surface area contributed by atoms with Crippen molar-refractivity contribution in [2.24, 2.45) is 0 Å². The van der Waals surface area contributed by atoms with Crippen molar-refractivity contribution >= 4 is 11.3 Å². The molecule has 4 heteroatoms. The number of nitrogens with zero attached hydrogens (tertiary/aromatic N) is 1. The molecule has 0 saturated heterocycles. The molecular weight excluding hydrogens is 206 g/mol. The lowest BCUT2D eigenvalue weighted by molar-refractivity contribution is -0.385. The molecule has 0 aromatic heterocycles. The zero-order valence-corrected chi connectivity index (χ0v) is 9.10. The maximum absolute atomic E-state index is 10.8. The maximum atomic E-state index is 10.8. The van der Waals surface area contributed by atoms with E-state index in [0.29, 0.717) is 18.8 Å². The Kier molecular flexibility index (Phi) is 3.01. The lowest BCUT2D eigenvalue weighted by Gasteiger charge is -2.13. The van der Waals surface area contributed by atoms with Gasteiger partial charge in [-0.1, -0.05) is 18.2 Å². The van der Waals surface area contributed by atoms with Gasteiger partial charge in [0.15, 0.2) is 0 Å². The van der Waals surface area contributed by atoms with Gasteiger partial charge in [0, 0.05) is 11.6 Å². The molecule has 0 aliphatic carbocycles. The first-order valence-electron chi connectivity index (χ1n) is 5.20. The molecule has 0 saturated carbocycles. The topological polar surface area (TPSA) is 52.4 Å². The van der Waals surface area contributed by atoms with Gasteiger partial charge in [-0.15, -0.1) is 0 Å². The van der Waals surface area contributed by atoms with Gasteiger partial charge >= 0.3 is 0 Å². The summed E-state index contributed by atoms with van der Waals surface area (Å²) in [5.74, 6) is 0. The molecule has 0 spiro atoms. The molecule has 0 fully saturated rings. The third-order valence-corrected chi connectivity index (χ3v) is 2.74. The van der Waals surface area contributed by atoms with E-state index in [0.717, 1.165) is 17.6 Å². The minimum absolute atomic E-state index is 0.185. The molecule has 84 valence electrons. The normalized spacial score (nSPS) is 15.7. The molecule has 0 unspecified atom stereocenters. The van der Waals surface area contributed by atoms with Crippen molar-refractivity contribution in [3.8, 4) is 0 Å². The van der Waals surface area contributed by atoms with E-state index in [2.05, 4.69) is 0 Å². The Morgan fingerprint density at radius 2 is 2.25 bits per heavy atom. The fourth-order valence-corrected chi connectivity index (χ4v) is 1.80. The highest BCUT2D eigenvalue weighted by Gasteiger charge is 2.13. The molecule has 1 aliphatic heterocycles. The molecule has 2 rings (SSSR count). The number of nitro groups is 1. The number of ether oxygens (including phenoxy) is 1. The van der Waals surface area contributed by atoms with E-state index in [4.69, 9.17) is 4.74 Å². The molecule has 0 atom stereocenters. The van der Waals surface area contributed by atoms with Gasteiger partial charge in [-0.3, -0.25) is 10.1 Å². The Hall–Kier alpha value is -1.68. The monoisotopic (exact) mass is 219 g/mol. The molecule has 1 aromatic carbocycles. The quantitative estimate of drug-likeness (QED) is 0.567. The zero-order valence-electron chi connectivity index (χ0n) is 9.10. The predicted octanol–water partition coefficient (Wildman–Crippen LogP) is 2.71. The number of nitro benzene ring substituents is 1. The number of hydrogen-bond donors (Lipinski definition) is 0. The van der Waals surface area contributed by atoms with E-state index >= 15 is 0 Å². The molecule has 4 nitrogen and oxygen atoms in total. The molecule has 1 heterocycles. The van der Waals surface area contributed by atoms with Crippen LogP contribution < -0.4 is 0 Å². The summed E-state index contributed by atoms with van der Waals surface area (Å²) < 4.78 is 5.21. The van der Waals surface area contributed by atoms with Crippen LogP contribution in [0.15, 0.2) is 24.3 Å². The van der Waals surface area contributed by atoms with Crippen LogP contribution in [0.3, 0.4) is 0 Å². The summed E-state index contributed by atoms with van der Waals surface area (Å²) in [6, 6.07) is 5.37. The predicted molar refractivity (Wildman–Crippen MR) is 61.2 cm³/mol. The van der Waals surface area contributed by atoms with Gasteiger partial charge in [-0.25, -0.2) is 0 Å². The van der Waals surface area contributed by atoms with Gasteiger partial charge in [-0.2, -0.15) is 0 Å². The van der Waals surface area contributed by atoms with Gasteiger partial charge in [-0.05, 0) is 24.5 Å². The molecule has 1 aliphatic rings. The van der Waals surface area contributed by atoms with Crippen LogP contribution in [0.2, 0.25) is 0 Å². The van der Waals surface area contributed by atoms with E-state index in [-0.39, 0.29) is 10.6 Å². The van der Waals surface area contributed by atoms with Crippen LogP contribution in [-0.4, -0.2) is 18.1 Å². The van der Waals surface area contributed by atoms with Crippen molar-refractivity contribution in [1.82, 2.24) is 0 Å². The molecule has 16 heavy (non-hydrogen) atoms. The minimum atomic E-state index is -0.335. The number of hydrogen-bond acceptors (Lipinski definition) is 3. The summed E-state index contributed by atoms with van der Waals surface area (Å²) >= 11 is 0. The number of aryl methyl sites for hydroxylation is 1. The third-order valence-electron chi connectivity index (χ3n) is 2.74. The van der Waals surface area contributed by atoms with E-state index in [9.17, 15) is 10.1 Å². The third kappa shape index (κ3) is 2.12. The van der Waals surface area contributed by atoms with Crippen LogP contribution in [0.5, 0.6) is 0 Å². The van der Waals surface area contributed by atoms with Crippen LogP contribution in [0.1, 0.15) is 17.5 Å². The van der Waals surface area contributed by atoms with E-state index in [1.54, 1.807) is 19.1 Å². The first kappa shape index (κ1) is 10.8. The average molecular weight is 219 g/mol. The van der Waals surface area contributed by atoms with Crippen LogP contribution in [0, 0.1) is 17.0 Å². The van der Waals surface area contributed by atoms with Crippen LogP contribution in [0.4, 0.5) is 5.69 Å². The molecule has 0 amide bonds. The lowest BCUT2D eigenvalue weighted by Crippen LogP contribution is -2.04. The summed E-state index contributed by atoms with van der Waals surface area (Å²) in [5, 5.41) is 10.8. The highest BCUT2D eigenvalue weighted by molar-refractivity contribution is 5.68. The van der Waals surface area contributed by atoms with Crippen LogP contribution in [-0.2, 0) is 4.74 Å². The van der Waals surface area contributed by atoms with Gasteiger partial charge in [0.05, 0.1) is 18.1 Å². The van der Waals surface area contributed by atoms with E-state index in [1.807, 2.05) is 12.1 Å². The minimum Gasteiger partial charge on any atom is -0.377 e. The molecule has 1 aromatic rings. The summed E-state index contributed by atoms with van der Waals surface area (Å²) in [5.41, 5.74) is 2.95. The van der Waals surface area contributed by atoms with Crippen LogP contribution >= 0.6 is 0 Å². The second kappa shape index (κ2) is 4.45. The Morgan fingerprint density at radius 1 is 1.44 bits per heavy atom. The zero-order chi connectivity index (χ0) is 11.5. The second-order valence-corrected chi connectivity index (χ2v) is 3.81. The molecule has 0 radical (unpaired) electrons. The Morgan fingerprint density at radius 3 is 2.88 bits per heavy atom. The summed E-state index contributed by atoms with van der Waals surface area (Å²) in [7, 11) is 0. The smallest absolute Gasteiger partial charge is 0.272 e. The standard InChI is InChI=1S/C12H13NO3/c1-9-2-3-11(8-12(9)13(14)15)10-4-6-16-7-5-10/h2-4,8H,5-7H2,1H3. The van der Waals surface area contributed by atoms with Crippen LogP contribution in [0.25, 0.3) is 5.57 Å². The Balaban J connectivity index is 2.39. The van der Waals surface area contributed by atoms with Crippen molar-refractivity contribution in [2.75, 3.05) is 13.2 Å². The van der Waals surface area contributed by atoms with Gasteiger partial charge in [0.1, 0.15) is 0 Å². The van der Waals surface area contributed by atoms with Crippen molar-refractivity contribution in [2.45, 2.75) is 13.3 Å². The largest absolute Gasteiger partial charge is 0.377 e. The summed E-state index contributed by atoms with van der Waals surface area (Å²) in [4.78, 5) is 10.5. The van der Waals surface area contributed by atoms with Crippen molar-refractivity contribution in [3.63, 3.8) is 0 Å². The van der Waals surface area contributed by atoms with Crippen molar-refractivity contribution in [3.05, 3.63) is 45.5 Å². The first-order chi connectivity index (χ1) is 7.68. The van der Waals surface area contributed by atoms with Gasteiger partial charge in [0.25, 0.3) is 5.69 Å². The van der Waals surface area contributed by atoms with Gasteiger partial charge < -0.3 is 4.74 Å². The maximum Gasteiger partial charge on any atom is 0.272 e. The van der Waals surface area contributed by atoms with Crippen molar-refractivity contribution < 1.29 is 9.66 Å². The van der Waals surface area contributed by atoms with Gasteiger partial charge in [0.2, 0.25) is 0 Å². The number of benzene rings is 1. The Labute approximate surface area is 93.7 Å². The van der Waals surface area contributed by atoms with E-state index in [1.165, 1.54) is 0 Å². The molecule has 0 bridgehead atoms. The molecular formula is C12H13NO3. The fraction of sp³-hybridized carbons (Fsp3) is 0.333.